The van der Waals surface area contributed by atoms with Crippen LogP contribution in [0.2, 0.25) is 0 Å². The lowest BCUT2D eigenvalue weighted by Crippen LogP contribution is -2.22. The Morgan fingerprint density at radius 2 is 2.50 bits per heavy atom. The maximum atomic E-state index is 10.8. The molecule has 4 heteroatoms. The Bertz CT molecular complexity index is 175. The smallest absolute Gasteiger partial charge is 0.334 e. The van der Waals surface area contributed by atoms with Crippen LogP contribution in [0.15, 0.2) is 0 Å². The van der Waals surface area contributed by atoms with Crippen LogP contribution in [0, 0.1) is 0 Å². The molecule has 0 aromatic carbocycles. The highest BCUT2D eigenvalue weighted by molar-refractivity contribution is 5.74. The molecule has 1 fully saturated rings. The largest absolute Gasteiger partial charge is 0.467 e. The van der Waals surface area contributed by atoms with E-state index < -0.39 is 12.1 Å². The van der Waals surface area contributed by atoms with Crippen molar-refractivity contribution in [2.45, 2.75) is 44.3 Å². The molecule has 0 aromatic heterocycles. The lowest BCUT2D eigenvalue weighted by atomic mass is 10.1. The number of aliphatic hydroxyl groups is 1. The normalized spacial score (nSPS) is 23.4. The fraction of sp³-hybridized carbons (Fsp3) is 0.900. The number of hydrogen-bond donors (Lipinski definition) is 1. The average molecular weight is 202 g/mol. The topological polar surface area (TPSA) is 55.8 Å². The van der Waals surface area contributed by atoms with Crippen molar-refractivity contribution < 1.29 is 19.4 Å². The summed E-state index contributed by atoms with van der Waals surface area (Å²) in [5, 5.41) is 9.28. The number of rotatable bonds is 5. The summed E-state index contributed by atoms with van der Waals surface area (Å²) in [6, 6.07) is 0. The minimum absolute atomic E-state index is 0.333. The zero-order chi connectivity index (χ0) is 10.4. The summed E-state index contributed by atoms with van der Waals surface area (Å²) in [7, 11) is 1.28. The van der Waals surface area contributed by atoms with Gasteiger partial charge in [-0.25, -0.2) is 4.79 Å². The van der Waals surface area contributed by atoms with Crippen LogP contribution in [0.5, 0.6) is 0 Å². The van der Waals surface area contributed by atoms with Crippen molar-refractivity contribution in [3.8, 4) is 0 Å². The summed E-state index contributed by atoms with van der Waals surface area (Å²) in [5.41, 5.74) is 0. The number of ether oxygens (including phenoxy) is 2. The van der Waals surface area contributed by atoms with Gasteiger partial charge in [-0.3, -0.25) is 0 Å². The zero-order valence-electron chi connectivity index (χ0n) is 8.57. The minimum atomic E-state index is -0.971. The van der Waals surface area contributed by atoms with E-state index in [4.69, 9.17) is 4.74 Å². The van der Waals surface area contributed by atoms with Crippen LogP contribution < -0.4 is 0 Å². The molecule has 0 radical (unpaired) electrons. The van der Waals surface area contributed by atoms with Crippen molar-refractivity contribution in [1.29, 1.82) is 0 Å². The Labute approximate surface area is 84.2 Å². The molecule has 1 aliphatic rings. The van der Waals surface area contributed by atoms with Gasteiger partial charge in [0.1, 0.15) is 0 Å². The fourth-order valence-electron chi connectivity index (χ4n) is 1.66. The van der Waals surface area contributed by atoms with E-state index >= 15 is 0 Å². The second kappa shape index (κ2) is 5.98. The fourth-order valence-corrected chi connectivity index (χ4v) is 1.66. The number of carbonyl (C=O) groups excluding carboxylic acids is 1. The lowest BCUT2D eigenvalue weighted by Gasteiger charge is -2.10. The van der Waals surface area contributed by atoms with Crippen molar-refractivity contribution in [3.05, 3.63) is 0 Å². The van der Waals surface area contributed by atoms with Gasteiger partial charge in [0.25, 0.3) is 0 Å². The standard InChI is InChI=1S/C10H18O4/c1-13-10(12)9(11)6-2-4-8-5-3-7-14-8/h8-9,11H,2-7H2,1H3. The van der Waals surface area contributed by atoms with Crippen LogP contribution in [0.4, 0.5) is 0 Å². The van der Waals surface area contributed by atoms with Gasteiger partial charge in [-0.2, -0.15) is 0 Å². The Morgan fingerprint density at radius 3 is 3.07 bits per heavy atom. The monoisotopic (exact) mass is 202 g/mol. The summed E-state index contributed by atoms with van der Waals surface area (Å²) in [5.74, 6) is -0.544. The van der Waals surface area contributed by atoms with E-state index in [9.17, 15) is 9.90 Å². The van der Waals surface area contributed by atoms with E-state index in [1.807, 2.05) is 0 Å². The summed E-state index contributed by atoms with van der Waals surface area (Å²) >= 11 is 0. The van der Waals surface area contributed by atoms with Crippen LogP contribution >= 0.6 is 0 Å². The number of aliphatic hydroxyl groups excluding tert-OH is 1. The average Bonchev–Trinajstić information content (AvgIpc) is 2.69. The molecule has 14 heavy (non-hydrogen) atoms. The maximum Gasteiger partial charge on any atom is 0.334 e. The SMILES string of the molecule is COC(=O)C(O)CCCC1CCCO1. The molecule has 1 heterocycles. The minimum Gasteiger partial charge on any atom is -0.467 e. The van der Waals surface area contributed by atoms with Crippen LogP contribution in [0.25, 0.3) is 0 Å². The molecule has 1 saturated heterocycles. The molecule has 2 atom stereocenters. The molecule has 0 amide bonds. The van der Waals surface area contributed by atoms with Gasteiger partial charge in [0, 0.05) is 6.61 Å². The highest BCUT2D eigenvalue weighted by atomic mass is 16.5. The first-order chi connectivity index (χ1) is 6.74. The molecule has 0 spiro atoms. The van der Waals surface area contributed by atoms with Crippen molar-refractivity contribution in [2.24, 2.45) is 0 Å². The van der Waals surface area contributed by atoms with E-state index in [2.05, 4.69) is 4.74 Å². The van der Waals surface area contributed by atoms with Gasteiger partial charge in [-0.05, 0) is 32.1 Å². The number of carbonyl (C=O) groups is 1. The predicted octanol–water partition coefficient (Wildman–Crippen LogP) is 0.870. The van der Waals surface area contributed by atoms with Gasteiger partial charge in [-0.1, -0.05) is 0 Å². The van der Waals surface area contributed by atoms with Crippen molar-refractivity contribution in [3.63, 3.8) is 0 Å². The predicted molar refractivity (Wildman–Crippen MR) is 50.8 cm³/mol. The molecular formula is C10H18O4. The van der Waals surface area contributed by atoms with Crippen LogP contribution in [0.3, 0.4) is 0 Å². The Balaban J connectivity index is 2.05. The third-order valence-corrected chi connectivity index (χ3v) is 2.50. The first kappa shape index (κ1) is 11.5. The molecule has 1 N–H and O–H groups in total. The van der Waals surface area contributed by atoms with E-state index in [0.29, 0.717) is 12.5 Å². The van der Waals surface area contributed by atoms with E-state index in [1.54, 1.807) is 0 Å². The van der Waals surface area contributed by atoms with Gasteiger partial charge in [-0.15, -0.1) is 0 Å². The van der Waals surface area contributed by atoms with Crippen LogP contribution in [0.1, 0.15) is 32.1 Å². The zero-order valence-corrected chi connectivity index (χ0v) is 8.57. The van der Waals surface area contributed by atoms with Gasteiger partial charge in [0.2, 0.25) is 0 Å². The third-order valence-electron chi connectivity index (χ3n) is 2.50. The molecule has 0 bridgehead atoms. The molecule has 1 rings (SSSR count). The van der Waals surface area contributed by atoms with Crippen molar-refractivity contribution in [1.82, 2.24) is 0 Å². The van der Waals surface area contributed by atoms with E-state index in [1.165, 1.54) is 7.11 Å². The maximum absolute atomic E-state index is 10.8. The number of esters is 1. The number of hydrogen-bond acceptors (Lipinski definition) is 4. The molecule has 4 nitrogen and oxygen atoms in total. The Kier molecular flexibility index (Phi) is 4.90. The lowest BCUT2D eigenvalue weighted by molar-refractivity contribution is -0.150. The molecule has 0 aliphatic carbocycles. The Morgan fingerprint density at radius 1 is 1.71 bits per heavy atom. The second-order valence-corrected chi connectivity index (χ2v) is 3.60. The molecule has 2 unspecified atom stereocenters. The highest BCUT2D eigenvalue weighted by Crippen LogP contribution is 2.18. The quantitative estimate of drug-likeness (QED) is 0.672. The Hall–Kier alpha value is -0.610. The molecule has 82 valence electrons. The van der Waals surface area contributed by atoms with Crippen molar-refractivity contribution >= 4 is 5.97 Å². The molecular weight excluding hydrogens is 184 g/mol. The van der Waals surface area contributed by atoms with Gasteiger partial charge >= 0.3 is 5.97 Å². The van der Waals surface area contributed by atoms with Gasteiger partial charge in [0.15, 0.2) is 6.10 Å². The summed E-state index contributed by atoms with van der Waals surface area (Å²) in [6.07, 6.45) is 3.79. The van der Waals surface area contributed by atoms with Crippen LogP contribution in [-0.4, -0.2) is 37.0 Å². The van der Waals surface area contributed by atoms with Gasteiger partial charge < -0.3 is 14.6 Å². The van der Waals surface area contributed by atoms with E-state index in [0.717, 1.165) is 32.3 Å². The first-order valence-electron chi connectivity index (χ1n) is 5.11. The van der Waals surface area contributed by atoms with Crippen LogP contribution in [-0.2, 0) is 14.3 Å². The first-order valence-corrected chi connectivity index (χ1v) is 5.11. The summed E-state index contributed by atoms with van der Waals surface area (Å²) in [4.78, 5) is 10.8. The highest BCUT2D eigenvalue weighted by Gasteiger charge is 2.18. The molecule has 0 saturated carbocycles. The van der Waals surface area contributed by atoms with E-state index in [-0.39, 0.29) is 0 Å². The van der Waals surface area contributed by atoms with Gasteiger partial charge in [0.05, 0.1) is 13.2 Å². The summed E-state index contributed by atoms with van der Waals surface area (Å²) in [6.45, 7) is 0.851. The number of methoxy groups -OCH3 is 1. The van der Waals surface area contributed by atoms with Crippen molar-refractivity contribution in [2.75, 3.05) is 13.7 Å². The third kappa shape index (κ3) is 3.64. The second-order valence-electron chi connectivity index (χ2n) is 3.60. The molecule has 0 aromatic rings. The summed E-state index contributed by atoms with van der Waals surface area (Å²) < 4.78 is 9.84. The molecule has 1 aliphatic heterocycles.